The van der Waals surface area contributed by atoms with E-state index in [1.54, 1.807) is 0 Å². The van der Waals surface area contributed by atoms with Crippen molar-refractivity contribution in [3.8, 4) is 0 Å². The minimum Gasteiger partial charge on any atom is -0.367 e. The number of benzene rings is 1. The van der Waals surface area contributed by atoms with Gasteiger partial charge in [0.15, 0.2) is 0 Å². The van der Waals surface area contributed by atoms with Gasteiger partial charge in [-0.05, 0) is 23.4 Å². The van der Waals surface area contributed by atoms with E-state index in [2.05, 4.69) is 49.5 Å². The van der Waals surface area contributed by atoms with Gasteiger partial charge in [0.05, 0.1) is 6.10 Å². The van der Waals surface area contributed by atoms with E-state index < -0.39 is 0 Å². The van der Waals surface area contributed by atoms with Crippen molar-refractivity contribution in [3.05, 3.63) is 35.2 Å². The maximum atomic E-state index is 6.21. The summed E-state index contributed by atoms with van der Waals surface area (Å²) in [6.07, 6.45) is 0.539. The number of thiophene rings is 1. The number of hydrogen-bond donors (Lipinski definition) is 1. The van der Waals surface area contributed by atoms with Crippen LogP contribution in [0, 0.1) is 5.92 Å². The second kappa shape index (κ2) is 5.00. The van der Waals surface area contributed by atoms with Crippen molar-refractivity contribution in [1.82, 2.24) is 5.32 Å². The van der Waals surface area contributed by atoms with Crippen LogP contribution in [-0.2, 0) is 4.74 Å². The quantitative estimate of drug-likeness (QED) is 0.892. The molecule has 18 heavy (non-hydrogen) atoms. The molecule has 2 heterocycles. The lowest BCUT2D eigenvalue weighted by Crippen LogP contribution is -2.42. The van der Waals surface area contributed by atoms with Crippen LogP contribution in [0.4, 0.5) is 0 Å². The molecule has 0 radical (unpaired) electrons. The van der Waals surface area contributed by atoms with Gasteiger partial charge in [-0.3, -0.25) is 0 Å². The van der Waals surface area contributed by atoms with Crippen molar-refractivity contribution in [1.29, 1.82) is 0 Å². The van der Waals surface area contributed by atoms with Gasteiger partial charge in [-0.1, -0.05) is 32.0 Å². The first-order valence-electron chi connectivity index (χ1n) is 6.58. The molecule has 0 aliphatic carbocycles. The molecule has 0 saturated carbocycles. The summed E-state index contributed by atoms with van der Waals surface area (Å²) in [7, 11) is 0. The molecule has 2 nitrogen and oxygen atoms in total. The molecule has 1 fully saturated rings. The van der Waals surface area contributed by atoms with Crippen LogP contribution in [0.3, 0.4) is 0 Å². The number of ether oxygens (including phenoxy) is 1. The van der Waals surface area contributed by atoms with E-state index in [9.17, 15) is 0 Å². The van der Waals surface area contributed by atoms with Crippen LogP contribution in [0.25, 0.3) is 10.1 Å². The zero-order valence-electron chi connectivity index (χ0n) is 10.8. The summed E-state index contributed by atoms with van der Waals surface area (Å²) >= 11 is 1.85. The summed E-state index contributed by atoms with van der Waals surface area (Å²) < 4.78 is 7.56. The fourth-order valence-electron chi connectivity index (χ4n) is 2.39. The van der Waals surface area contributed by atoms with Gasteiger partial charge < -0.3 is 10.1 Å². The van der Waals surface area contributed by atoms with E-state index >= 15 is 0 Å². The van der Waals surface area contributed by atoms with Gasteiger partial charge in [-0.25, -0.2) is 0 Å². The fraction of sp³-hybridized carbons (Fsp3) is 0.467. The van der Waals surface area contributed by atoms with Crippen molar-refractivity contribution < 1.29 is 4.74 Å². The summed E-state index contributed by atoms with van der Waals surface area (Å²) in [6, 6.07) is 10.8. The molecule has 1 aliphatic rings. The Morgan fingerprint density at radius 1 is 1.28 bits per heavy atom. The second-order valence-corrected chi connectivity index (χ2v) is 6.37. The zero-order chi connectivity index (χ0) is 12.5. The highest BCUT2D eigenvalue weighted by molar-refractivity contribution is 7.19. The Hall–Kier alpha value is -0.900. The zero-order valence-corrected chi connectivity index (χ0v) is 11.7. The lowest BCUT2D eigenvalue weighted by atomic mass is 10.1. The Labute approximate surface area is 112 Å². The maximum absolute atomic E-state index is 6.21. The molecular formula is C15H19NOS. The van der Waals surface area contributed by atoms with E-state index in [-0.39, 0.29) is 6.10 Å². The second-order valence-electron chi connectivity index (χ2n) is 5.25. The number of rotatable bonds is 2. The lowest BCUT2D eigenvalue weighted by Gasteiger charge is -2.32. The molecule has 1 aliphatic heterocycles. The standard InChI is InChI=1S/C15H19NOS/c1-10(2)12-8-16-9-13(17-12)15-7-11-5-3-4-6-14(11)18-15/h3-7,10,12-13,16H,8-9H2,1-2H3. The highest BCUT2D eigenvalue weighted by Gasteiger charge is 2.26. The predicted molar refractivity (Wildman–Crippen MR) is 77.1 cm³/mol. The average Bonchev–Trinajstić information content (AvgIpc) is 2.82. The van der Waals surface area contributed by atoms with Gasteiger partial charge in [-0.2, -0.15) is 0 Å². The Balaban J connectivity index is 1.85. The van der Waals surface area contributed by atoms with Crippen molar-refractivity contribution in [2.75, 3.05) is 13.1 Å². The van der Waals surface area contributed by atoms with Crippen LogP contribution in [0.2, 0.25) is 0 Å². The summed E-state index contributed by atoms with van der Waals surface area (Å²) in [5.74, 6) is 0.565. The highest BCUT2D eigenvalue weighted by Crippen LogP contribution is 2.33. The van der Waals surface area contributed by atoms with Gasteiger partial charge in [0.2, 0.25) is 0 Å². The smallest absolute Gasteiger partial charge is 0.105 e. The predicted octanol–water partition coefficient (Wildman–Crippen LogP) is 3.59. The molecule has 2 aromatic rings. The van der Waals surface area contributed by atoms with Crippen LogP contribution in [0.5, 0.6) is 0 Å². The van der Waals surface area contributed by atoms with E-state index in [4.69, 9.17) is 4.74 Å². The highest BCUT2D eigenvalue weighted by atomic mass is 32.1. The Morgan fingerprint density at radius 2 is 2.11 bits per heavy atom. The maximum Gasteiger partial charge on any atom is 0.105 e. The molecule has 1 saturated heterocycles. The van der Waals surface area contributed by atoms with Crippen molar-refractivity contribution >= 4 is 21.4 Å². The molecule has 0 spiro atoms. The largest absolute Gasteiger partial charge is 0.367 e. The number of nitrogens with one attached hydrogen (secondary N) is 1. The molecule has 2 atom stereocenters. The van der Waals surface area contributed by atoms with Crippen LogP contribution < -0.4 is 5.32 Å². The molecule has 1 aromatic heterocycles. The van der Waals surface area contributed by atoms with Crippen LogP contribution in [-0.4, -0.2) is 19.2 Å². The molecule has 3 heteroatoms. The third-order valence-electron chi connectivity index (χ3n) is 3.52. The monoisotopic (exact) mass is 261 g/mol. The first kappa shape index (κ1) is 12.2. The third kappa shape index (κ3) is 2.30. The summed E-state index contributed by atoms with van der Waals surface area (Å²) in [6.45, 7) is 6.34. The number of fused-ring (bicyclic) bond motifs is 1. The average molecular weight is 261 g/mol. The first-order valence-corrected chi connectivity index (χ1v) is 7.40. The van der Waals surface area contributed by atoms with Gasteiger partial charge in [0.25, 0.3) is 0 Å². The van der Waals surface area contributed by atoms with Crippen molar-refractivity contribution in [2.24, 2.45) is 5.92 Å². The SMILES string of the molecule is CC(C)C1CNCC(c2cc3ccccc3s2)O1. The lowest BCUT2D eigenvalue weighted by molar-refractivity contribution is -0.0587. The van der Waals surface area contributed by atoms with Crippen molar-refractivity contribution in [2.45, 2.75) is 26.1 Å². The first-order chi connectivity index (χ1) is 8.74. The molecule has 0 amide bonds. The van der Waals surface area contributed by atoms with Crippen LogP contribution >= 0.6 is 11.3 Å². The van der Waals surface area contributed by atoms with Crippen LogP contribution in [0.1, 0.15) is 24.8 Å². The minimum atomic E-state index is 0.212. The molecular weight excluding hydrogens is 242 g/mol. The normalized spacial score (nSPS) is 24.8. The van der Waals surface area contributed by atoms with Crippen molar-refractivity contribution in [3.63, 3.8) is 0 Å². The van der Waals surface area contributed by atoms with E-state index in [0.717, 1.165) is 13.1 Å². The minimum absolute atomic E-state index is 0.212. The molecule has 96 valence electrons. The van der Waals surface area contributed by atoms with Gasteiger partial charge in [0.1, 0.15) is 6.10 Å². The van der Waals surface area contributed by atoms with E-state index in [1.165, 1.54) is 15.0 Å². The third-order valence-corrected chi connectivity index (χ3v) is 4.73. The number of morpholine rings is 1. The summed E-state index contributed by atoms with van der Waals surface area (Å²) in [4.78, 5) is 1.34. The Kier molecular flexibility index (Phi) is 3.37. The van der Waals surface area contributed by atoms with E-state index in [0.29, 0.717) is 12.0 Å². The van der Waals surface area contributed by atoms with Gasteiger partial charge in [-0.15, -0.1) is 11.3 Å². The summed E-state index contributed by atoms with van der Waals surface area (Å²) in [5.41, 5.74) is 0. The molecule has 1 aromatic carbocycles. The van der Waals surface area contributed by atoms with E-state index in [1.807, 2.05) is 11.3 Å². The summed E-state index contributed by atoms with van der Waals surface area (Å²) in [5, 5.41) is 4.82. The molecule has 1 N–H and O–H groups in total. The Morgan fingerprint density at radius 3 is 2.89 bits per heavy atom. The molecule has 2 unspecified atom stereocenters. The Bertz CT molecular complexity index is 501. The van der Waals surface area contributed by atoms with Gasteiger partial charge >= 0.3 is 0 Å². The molecule has 0 bridgehead atoms. The van der Waals surface area contributed by atoms with Crippen LogP contribution in [0.15, 0.2) is 30.3 Å². The fourth-order valence-corrected chi connectivity index (χ4v) is 3.49. The van der Waals surface area contributed by atoms with Gasteiger partial charge in [0, 0.05) is 22.7 Å². The number of hydrogen-bond acceptors (Lipinski definition) is 3. The molecule has 3 rings (SSSR count). The topological polar surface area (TPSA) is 21.3 Å².